The van der Waals surface area contributed by atoms with E-state index in [4.69, 9.17) is 16.3 Å². The topological polar surface area (TPSA) is 117 Å². The average Bonchev–Trinajstić information content (AvgIpc) is 3.34. The first kappa shape index (κ1) is 21.3. The summed E-state index contributed by atoms with van der Waals surface area (Å²) in [6, 6.07) is 0. The number of rotatable bonds is 4. The molecule has 0 amide bonds. The standard InChI is InChI=1S/C21H30ClN5O4/c22-21-24-18(26-8-6-13(7-9-26)12-4-2-1-3-5-12)15-19(25-21)27(11-23-15)20-17(30)16(29)14(10-28)31-20/h11-14,16-17,20,28-30H,1-10H2/t14-,16-,17-,20-/m1/s1. The van der Waals surface area contributed by atoms with Crippen LogP contribution in [0.5, 0.6) is 0 Å². The fraction of sp³-hybridized carbons (Fsp3) is 0.762. The number of nitrogens with zero attached hydrogens (tertiary/aromatic N) is 5. The van der Waals surface area contributed by atoms with Gasteiger partial charge < -0.3 is 25.0 Å². The molecule has 2 aromatic heterocycles. The van der Waals surface area contributed by atoms with E-state index in [1.165, 1.54) is 38.4 Å². The average molecular weight is 452 g/mol. The molecule has 10 heteroatoms. The number of hydrogen-bond donors (Lipinski definition) is 3. The van der Waals surface area contributed by atoms with Crippen LogP contribution >= 0.6 is 11.6 Å². The van der Waals surface area contributed by atoms with Gasteiger partial charge in [0.05, 0.1) is 12.9 Å². The predicted octanol–water partition coefficient (Wildman–Crippen LogP) is 1.89. The van der Waals surface area contributed by atoms with E-state index in [2.05, 4.69) is 19.9 Å². The molecule has 5 rings (SSSR count). The van der Waals surface area contributed by atoms with Crippen molar-refractivity contribution in [1.29, 1.82) is 0 Å². The third kappa shape index (κ3) is 3.91. The summed E-state index contributed by atoms with van der Waals surface area (Å²) in [4.78, 5) is 15.5. The number of aliphatic hydroxyl groups is 3. The van der Waals surface area contributed by atoms with Crippen molar-refractivity contribution in [2.24, 2.45) is 11.8 Å². The summed E-state index contributed by atoms with van der Waals surface area (Å²) in [6.07, 6.45) is 6.47. The van der Waals surface area contributed by atoms with Gasteiger partial charge >= 0.3 is 0 Å². The van der Waals surface area contributed by atoms with E-state index in [9.17, 15) is 15.3 Å². The Morgan fingerprint density at radius 1 is 1.00 bits per heavy atom. The molecule has 0 aromatic carbocycles. The Hall–Kier alpha value is -1.52. The maximum absolute atomic E-state index is 10.4. The molecule has 0 bridgehead atoms. The summed E-state index contributed by atoms with van der Waals surface area (Å²) >= 11 is 6.27. The van der Waals surface area contributed by atoms with Gasteiger partial charge in [0, 0.05) is 13.1 Å². The molecule has 0 unspecified atom stereocenters. The van der Waals surface area contributed by atoms with Crippen LogP contribution in [0, 0.1) is 11.8 Å². The Morgan fingerprint density at radius 3 is 2.39 bits per heavy atom. The monoisotopic (exact) mass is 451 g/mol. The molecule has 0 radical (unpaired) electrons. The third-order valence-corrected chi connectivity index (χ3v) is 7.49. The lowest BCUT2D eigenvalue weighted by molar-refractivity contribution is -0.0511. The molecule has 3 fully saturated rings. The lowest BCUT2D eigenvalue weighted by Gasteiger charge is -2.38. The number of aromatic nitrogens is 4. The second-order valence-electron chi connectivity index (χ2n) is 9.09. The van der Waals surface area contributed by atoms with Gasteiger partial charge in [0.1, 0.15) is 18.3 Å². The maximum Gasteiger partial charge on any atom is 0.226 e. The van der Waals surface area contributed by atoms with E-state index in [0.29, 0.717) is 17.0 Å². The van der Waals surface area contributed by atoms with Crippen molar-refractivity contribution < 1.29 is 20.1 Å². The molecule has 170 valence electrons. The van der Waals surface area contributed by atoms with Crippen LogP contribution in [-0.4, -0.2) is 72.8 Å². The van der Waals surface area contributed by atoms with E-state index < -0.39 is 31.1 Å². The van der Waals surface area contributed by atoms with Crippen LogP contribution in [0.4, 0.5) is 5.82 Å². The second kappa shape index (κ2) is 8.78. The molecule has 2 aliphatic heterocycles. The van der Waals surface area contributed by atoms with Crippen molar-refractivity contribution in [2.45, 2.75) is 69.5 Å². The molecular weight excluding hydrogens is 422 g/mol. The zero-order valence-electron chi connectivity index (χ0n) is 17.5. The van der Waals surface area contributed by atoms with Crippen LogP contribution in [0.25, 0.3) is 11.2 Å². The van der Waals surface area contributed by atoms with Gasteiger partial charge in [0.2, 0.25) is 5.28 Å². The number of halogens is 1. The third-order valence-electron chi connectivity index (χ3n) is 7.32. The van der Waals surface area contributed by atoms with Crippen LogP contribution in [0.3, 0.4) is 0 Å². The van der Waals surface area contributed by atoms with Crippen LogP contribution in [0.15, 0.2) is 6.33 Å². The minimum absolute atomic E-state index is 0.102. The molecule has 2 aromatic rings. The smallest absolute Gasteiger partial charge is 0.226 e. The number of aliphatic hydroxyl groups excluding tert-OH is 3. The normalized spacial score (nSPS) is 31.0. The first-order chi connectivity index (χ1) is 15.1. The number of ether oxygens (including phenoxy) is 1. The number of fused-ring (bicyclic) bond motifs is 1. The van der Waals surface area contributed by atoms with Gasteiger partial charge in [-0.2, -0.15) is 9.97 Å². The van der Waals surface area contributed by atoms with Crippen molar-refractivity contribution in [3.63, 3.8) is 0 Å². The Bertz CT molecular complexity index is 913. The maximum atomic E-state index is 10.4. The van der Waals surface area contributed by atoms with Crippen LogP contribution in [0.1, 0.15) is 51.2 Å². The fourth-order valence-electron chi connectivity index (χ4n) is 5.58. The summed E-state index contributed by atoms with van der Waals surface area (Å²) in [5.41, 5.74) is 1.04. The molecule has 1 saturated carbocycles. The van der Waals surface area contributed by atoms with E-state index in [-0.39, 0.29) is 5.28 Å². The number of piperidine rings is 1. The van der Waals surface area contributed by atoms with Gasteiger partial charge in [-0.05, 0) is 36.3 Å². The summed E-state index contributed by atoms with van der Waals surface area (Å²) in [5.74, 6) is 2.33. The molecule has 3 aliphatic rings. The van der Waals surface area contributed by atoms with Crippen molar-refractivity contribution >= 4 is 28.6 Å². The molecule has 4 atom stereocenters. The molecular formula is C21H30ClN5O4. The molecule has 9 nitrogen and oxygen atoms in total. The predicted molar refractivity (Wildman–Crippen MR) is 115 cm³/mol. The summed E-state index contributed by atoms with van der Waals surface area (Å²) in [7, 11) is 0. The molecule has 3 N–H and O–H groups in total. The van der Waals surface area contributed by atoms with Crippen molar-refractivity contribution in [3.8, 4) is 0 Å². The minimum atomic E-state index is -1.21. The van der Waals surface area contributed by atoms with E-state index >= 15 is 0 Å². The summed E-state index contributed by atoms with van der Waals surface area (Å²) in [5, 5.41) is 30.0. The van der Waals surface area contributed by atoms with Crippen molar-refractivity contribution in [1.82, 2.24) is 19.5 Å². The van der Waals surface area contributed by atoms with E-state index in [1.807, 2.05) is 0 Å². The van der Waals surface area contributed by atoms with Gasteiger partial charge in [-0.15, -0.1) is 0 Å². The molecule has 0 spiro atoms. The number of anilines is 1. The SMILES string of the molecule is OC[C@H]1O[C@@H](n2cnc3c(N4CCC(C5CCCCC5)CC4)nc(Cl)nc32)[C@H](O)[C@@H]1O. The van der Waals surface area contributed by atoms with Gasteiger partial charge in [0.25, 0.3) is 0 Å². The van der Waals surface area contributed by atoms with E-state index in [1.54, 1.807) is 4.57 Å². The molecule has 1 aliphatic carbocycles. The first-order valence-corrected chi connectivity index (χ1v) is 11.7. The fourth-order valence-corrected chi connectivity index (χ4v) is 5.74. The van der Waals surface area contributed by atoms with E-state index in [0.717, 1.165) is 37.8 Å². The van der Waals surface area contributed by atoms with Crippen LogP contribution in [0.2, 0.25) is 5.28 Å². The molecule has 2 saturated heterocycles. The minimum Gasteiger partial charge on any atom is -0.394 e. The highest BCUT2D eigenvalue weighted by atomic mass is 35.5. The lowest BCUT2D eigenvalue weighted by atomic mass is 9.76. The largest absolute Gasteiger partial charge is 0.394 e. The van der Waals surface area contributed by atoms with Gasteiger partial charge in [0.15, 0.2) is 23.2 Å². The second-order valence-corrected chi connectivity index (χ2v) is 9.43. The first-order valence-electron chi connectivity index (χ1n) is 11.3. The Kier molecular flexibility index (Phi) is 6.04. The lowest BCUT2D eigenvalue weighted by Crippen LogP contribution is -2.37. The number of hydrogen-bond acceptors (Lipinski definition) is 8. The Morgan fingerprint density at radius 2 is 1.71 bits per heavy atom. The quantitative estimate of drug-likeness (QED) is 0.603. The van der Waals surface area contributed by atoms with Crippen LogP contribution in [-0.2, 0) is 4.74 Å². The van der Waals surface area contributed by atoms with Gasteiger partial charge in [-0.1, -0.05) is 32.1 Å². The van der Waals surface area contributed by atoms with Crippen LogP contribution < -0.4 is 4.90 Å². The number of imidazole rings is 1. The molecule has 4 heterocycles. The van der Waals surface area contributed by atoms with Gasteiger partial charge in [-0.25, -0.2) is 4.98 Å². The summed E-state index contributed by atoms with van der Waals surface area (Å²) in [6.45, 7) is 1.42. The van der Waals surface area contributed by atoms with Crippen molar-refractivity contribution in [3.05, 3.63) is 11.6 Å². The summed E-state index contributed by atoms with van der Waals surface area (Å²) < 4.78 is 7.21. The zero-order chi connectivity index (χ0) is 21.5. The highest BCUT2D eigenvalue weighted by molar-refractivity contribution is 6.28. The zero-order valence-corrected chi connectivity index (χ0v) is 18.2. The van der Waals surface area contributed by atoms with Crippen molar-refractivity contribution in [2.75, 3.05) is 24.6 Å². The highest BCUT2D eigenvalue weighted by Crippen LogP contribution is 2.38. The highest BCUT2D eigenvalue weighted by Gasteiger charge is 2.44. The van der Waals surface area contributed by atoms with Gasteiger partial charge in [-0.3, -0.25) is 4.57 Å². The molecule has 31 heavy (non-hydrogen) atoms. The Labute approximate surface area is 186 Å². The Balaban J connectivity index is 1.38.